The molecule has 1 rings (SSSR count). The molecule has 0 bridgehead atoms. The third-order valence-corrected chi connectivity index (χ3v) is 3.42. The van der Waals surface area contributed by atoms with Gasteiger partial charge in [0.05, 0.1) is 0 Å². The quantitative estimate of drug-likeness (QED) is 0.568. The summed E-state index contributed by atoms with van der Waals surface area (Å²) in [7, 11) is 0. The Kier molecular flexibility index (Phi) is 9.55. The highest BCUT2D eigenvalue weighted by atomic mass is 14.2. The molecule has 1 saturated carbocycles. The Hall–Kier alpha value is 0. The minimum atomic E-state index is 1.02. The van der Waals surface area contributed by atoms with Crippen molar-refractivity contribution in [3.8, 4) is 0 Å². The standard InChI is InChI=1S/C9H18.C5H12/c1-3-9-6-4-8(2)5-7-9;1-3-5-4-2/h8-9H,3-7H2,1-2H3;3-5H2,1-2H3. The molecule has 14 heavy (non-hydrogen) atoms. The fourth-order valence-electron chi connectivity index (χ4n) is 2.09. The highest BCUT2D eigenvalue weighted by Crippen LogP contribution is 2.29. The van der Waals surface area contributed by atoms with Crippen LogP contribution >= 0.6 is 0 Å². The van der Waals surface area contributed by atoms with E-state index >= 15 is 0 Å². The molecular formula is C14H30. The SMILES string of the molecule is CCC1CCC(C)CC1.CCCCC. The normalized spacial score (nSPS) is 26.6. The molecule has 1 fully saturated rings. The van der Waals surface area contributed by atoms with Crippen molar-refractivity contribution >= 4 is 0 Å². The molecule has 0 unspecified atom stereocenters. The average Bonchev–Trinajstić information content (AvgIpc) is 2.21. The van der Waals surface area contributed by atoms with Gasteiger partial charge in [-0.15, -0.1) is 0 Å². The van der Waals surface area contributed by atoms with Crippen LogP contribution in [0.15, 0.2) is 0 Å². The van der Waals surface area contributed by atoms with Crippen LogP contribution in [0.25, 0.3) is 0 Å². The van der Waals surface area contributed by atoms with Crippen molar-refractivity contribution in [3.05, 3.63) is 0 Å². The molecule has 0 amide bonds. The maximum atomic E-state index is 2.38. The second-order valence-corrected chi connectivity index (χ2v) is 4.89. The Morgan fingerprint density at radius 2 is 1.36 bits per heavy atom. The maximum absolute atomic E-state index is 2.38. The van der Waals surface area contributed by atoms with Crippen LogP contribution in [0.3, 0.4) is 0 Å². The molecule has 0 saturated heterocycles. The van der Waals surface area contributed by atoms with Crippen LogP contribution in [0, 0.1) is 11.8 Å². The molecule has 0 N–H and O–H groups in total. The fourth-order valence-corrected chi connectivity index (χ4v) is 2.09. The molecule has 0 aromatic heterocycles. The van der Waals surface area contributed by atoms with Gasteiger partial charge in [-0.05, 0) is 11.8 Å². The van der Waals surface area contributed by atoms with Crippen molar-refractivity contribution in [2.24, 2.45) is 11.8 Å². The van der Waals surface area contributed by atoms with Gasteiger partial charge in [0.1, 0.15) is 0 Å². The fraction of sp³-hybridized carbons (Fsp3) is 1.00. The van der Waals surface area contributed by atoms with Gasteiger partial charge in [-0.3, -0.25) is 0 Å². The summed E-state index contributed by atoms with van der Waals surface area (Å²) in [5.74, 6) is 2.09. The molecule has 0 aromatic carbocycles. The van der Waals surface area contributed by atoms with Gasteiger partial charge in [0.2, 0.25) is 0 Å². The first kappa shape index (κ1) is 14.0. The summed E-state index contributed by atoms with van der Waals surface area (Å²) in [6.45, 7) is 9.12. The lowest BCUT2D eigenvalue weighted by molar-refractivity contribution is 0.284. The number of rotatable bonds is 3. The first-order valence-corrected chi connectivity index (χ1v) is 6.74. The van der Waals surface area contributed by atoms with Crippen molar-refractivity contribution in [1.29, 1.82) is 0 Å². The summed E-state index contributed by atoms with van der Waals surface area (Å²) in [4.78, 5) is 0. The van der Waals surface area contributed by atoms with Crippen LogP contribution in [0.2, 0.25) is 0 Å². The molecule has 1 aliphatic carbocycles. The monoisotopic (exact) mass is 198 g/mol. The Morgan fingerprint density at radius 3 is 1.64 bits per heavy atom. The first-order valence-electron chi connectivity index (χ1n) is 6.74. The molecule has 0 spiro atoms. The maximum Gasteiger partial charge on any atom is -0.0417 e. The average molecular weight is 198 g/mol. The van der Waals surface area contributed by atoms with Crippen molar-refractivity contribution in [3.63, 3.8) is 0 Å². The zero-order valence-corrected chi connectivity index (χ0v) is 10.8. The number of unbranched alkanes of at least 4 members (excludes halogenated alkanes) is 2. The van der Waals surface area contributed by atoms with Gasteiger partial charge in [0.25, 0.3) is 0 Å². The van der Waals surface area contributed by atoms with E-state index in [-0.39, 0.29) is 0 Å². The molecule has 0 heteroatoms. The van der Waals surface area contributed by atoms with Gasteiger partial charge in [-0.2, -0.15) is 0 Å². The van der Waals surface area contributed by atoms with Gasteiger partial charge < -0.3 is 0 Å². The Labute approximate surface area is 91.5 Å². The van der Waals surface area contributed by atoms with Crippen LogP contribution < -0.4 is 0 Å². The van der Waals surface area contributed by atoms with E-state index < -0.39 is 0 Å². The van der Waals surface area contributed by atoms with Crippen LogP contribution in [-0.4, -0.2) is 0 Å². The van der Waals surface area contributed by atoms with E-state index in [0.717, 1.165) is 11.8 Å². The van der Waals surface area contributed by atoms with Crippen LogP contribution in [0.1, 0.15) is 79.1 Å². The van der Waals surface area contributed by atoms with E-state index in [9.17, 15) is 0 Å². The Balaban J connectivity index is 0.000000292. The van der Waals surface area contributed by atoms with Gasteiger partial charge in [-0.1, -0.05) is 79.1 Å². The van der Waals surface area contributed by atoms with Gasteiger partial charge >= 0.3 is 0 Å². The van der Waals surface area contributed by atoms with Crippen molar-refractivity contribution in [2.45, 2.75) is 79.1 Å². The van der Waals surface area contributed by atoms with Crippen LogP contribution in [0.5, 0.6) is 0 Å². The number of hydrogen-bond acceptors (Lipinski definition) is 0. The second-order valence-electron chi connectivity index (χ2n) is 4.89. The second kappa shape index (κ2) is 9.55. The smallest absolute Gasteiger partial charge is 0.0417 e. The molecule has 1 aliphatic rings. The third kappa shape index (κ3) is 7.41. The first-order chi connectivity index (χ1) is 6.74. The van der Waals surface area contributed by atoms with Gasteiger partial charge in [-0.25, -0.2) is 0 Å². The summed E-state index contributed by atoms with van der Waals surface area (Å²) < 4.78 is 0. The Bertz CT molecular complexity index is 96.6. The predicted octanol–water partition coefficient (Wildman–Crippen LogP) is 5.42. The number of hydrogen-bond donors (Lipinski definition) is 0. The van der Waals surface area contributed by atoms with Gasteiger partial charge in [0, 0.05) is 0 Å². The lowest BCUT2D eigenvalue weighted by atomic mass is 9.82. The zero-order valence-electron chi connectivity index (χ0n) is 10.8. The molecular weight excluding hydrogens is 168 g/mol. The lowest BCUT2D eigenvalue weighted by Gasteiger charge is -2.24. The third-order valence-electron chi connectivity index (χ3n) is 3.42. The molecule has 0 aliphatic heterocycles. The molecule has 0 nitrogen and oxygen atoms in total. The molecule has 0 atom stereocenters. The predicted molar refractivity (Wildman–Crippen MR) is 66.6 cm³/mol. The summed E-state index contributed by atoms with van der Waals surface area (Å²) in [6.07, 6.45) is 11.5. The molecule has 86 valence electrons. The summed E-state index contributed by atoms with van der Waals surface area (Å²) >= 11 is 0. The van der Waals surface area contributed by atoms with E-state index in [1.165, 1.54) is 51.4 Å². The summed E-state index contributed by atoms with van der Waals surface area (Å²) in [5.41, 5.74) is 0. The van der Waals surface area contributed by atoms with E-state index in [1.54, 1.807) is 0 Å². The van der Waals surface area contributed by atoms with Crippen molar-refractivity contribution in [2.75, 3.05) is 0 Å². The Morgan fingerprint density at radius 1 is 0.857 bits per heavy atom. The highest BCUT2D eigenvalue weighted by Gasteiger charge is 2.15. The van der Waals surface area contributed by atoms with Crippen LogP contribution in [-0.2, 0) is 0 Å². The minimum Gasteiger partial charge on any atom is -0.0654 e. The van der Waals surface area contributed by atoms with Crippen LogP contribution in [0.4, 0.5) is 0 Å². The summed E-state index contributed by atoms with van der Waals surface area (Å²) in [6, 6.07) is 0. The largest absolute Gasteiger partial charge is 0.0654 e. The minimum absolute atomic E-state index is 1.02. The highest BCUT2D eigenvalue weighted by molar-refractivity contribution is 4.68. The van der Waals surface area contributed by atoms with Crippen molar-refractivity contribution < 1.29 is 0 Å². The van der Waals surface area contributed by atoms with Crippen molar-refractivity contribution in [1.82, 2.24) is 0 Å². The molecule has 0 radical (unpaired) electrons. The molecule has 0 heterocycles. The zero-order chi connectivity index (χ0) is 10.8. The van der Waals surface area contributed by atoms with E-state index in [4.69, 9.17) is 0 Å². The lowest BCUT2D eigenvalue weighted by Crippen LogP contribution is -2.10. The van der Waals surface area contributed by atoms with E-state index in [0.29, 0.717) is 0 Å². The molecule has 0 aromatic rings. The van der Waals surface area contributed by atoms with Gasteiger partial charge in [0.15, 0.2) is 0 Å². The van der Waals surface area contributed by atoms with E-state index in [1.807, 2.05) is 0 Å². The summed E-state index contributed by atoms with van der Waals surface area (Å²) in [5, 5.41) is 0. The van der Waals surface area contributed by atoms with E-state index in [2.05, 4.69) is 27.7 Å². The topological polar surface area (TPSA) is 0 Å².